The molecule has 0 unspecified atom stereocenters. The Balaban J connectivity index is 1.03. The second-order valence-electron chi connectivity index (χ2n) is 17.2. The molecule has 3 heterocycles. The molecule has 63 heavy (non-hydrogen) atoms. The van der Waals surface area contributed by atoms with E-state index in [2.05, 4.69) is 186 Å². The standard InChI is InChI=1S/C58H43N3O2/c1-58(2)49-36-43(59(40-15-5-3-6-16-40)41-17-7-4-8-18-41)30-33-53(49)60(54-34-31-44(37-50(54)58)61-51-22-12-9-19-45(51)46-20-10-13-23-52(46)61)42-28-25-38(26-29-42)39-27-32-48-56(35-39)63-55-24-14-11-21-47(55)57(48)62/h3,5-7,9-37H,4,8H2,1-2H3. The molecule has 0 fully saturated rings. The number of benzene rings is 8. The maximum atomic E-state index is 13.3. The molecule has 10 aromatic rings. The molecule has 5 nitrogen and oxygen atoms in total. The number of nitrogens with zero attached hydrogens (tertiary/aromatic N) is 3. The average molecular weight is 814 g/mol. The summed E-state index contributed by atoms with van der Waals surface area (Å²) in [4.78, 5) is 18.2. The van der Waals surface area contributed by atoms with E-state index < -0.39 is 0 Å². The second kappa shape index (κ2) is 14.4. The summed E-state index contributed by atoms with van der Waals surface area (Å²) >= 11 is 0. The Kier molecular flexibility index (Phi) is 8.41. The highest BCUT2D eigenvalue weighted by Crippen LogP contribution is 2.54. The van der Waals surface area contributed by atoms with Gasteiger partial charge in [0.2, 0.25) is 5.43 Å². The van der Waals surface area contributed by atoms with Crippen LogP contribution in [0.2, 0.25) is 0 Å². The van der Waals surface area contributed by atoms with Gasteiger partial charge in [-0.3, -0.25) is 4.79 Å². The van der Waals surface area contributed by atoms with Crippen molar-refractivity contribution in [1.29, 1.82) is 0 Å². The van der Waals surface area contributed by atoms with Crippen LogP contribution in [0.15, 0.2) is 215 Å². The number of hydrogen-bond acceptors (Lipinski definition) is 4. The van der Waals surface area contributed by atoms with Crippen LogP contribution in [0.4, 0.5) is 28.4 Å². The third-order valence-corrected chi connectivity index (χ3v) is 13.2. The van der Waals surface area contributed by atoms with Gasteiger partial charge < -0.3 is 18.8 Å². The van der Waals surface area contributed by atoms with Gasteiger partial charge in [0.05, 0.1) is 33.2 Å². The first kappa shape index (κ1) is 36.9. The van der Waals surface area contributed by atoms with Crippen LogP contribution >= 0.6 is 0 Å². The fourth-order valence-electron chi connectivity index (χ4n) is 10.0. The fraction of sp³-hybridized carbons (Fsp3) is 0.0862. The Hall–Kier alpha value is -7.89. The molecule has 0 saturated heterocycles. The lowest BCUT2D eigenvalue weighted by atomic mass is 9.73. The van der Waals surface area contributed by atoms with Crippen LogP contribution in [0.5, 0.6) is 0 Å². The molecule has 1 aliphatic heterocycles. The van der Waals surface area contributed by atoms with Gasteiger partial charge in [-0.2, -0.15) is 0 Å². The largest absolute Gasteiger partial charge is 0.456 e. The SMILES string of the molecule is CC1(C)c2cc(N(C3=CCCC=C3)c3ccccc3)ccc2N(c2ccc(-c3ccc4c(=O)c5ccccc5oc4c3)cc2)c2ccc(-n3c4ccccc4c4ccccc43)cc21. The molecule has 0 saturated carbocycles. The minimum atomic E-state index is -0.371. The lowest BCUT2D eigenvalue weighted by molar-refractivity contribution is 0.631. The van der Waals surface area contributed by atoms with E-state index >= 15 is 0 Å². The number of rotatable bonds is 6. The van der Waals surface area contributed by atoms with E-state index in [-0.39, 0.29) is 10.8 Å². The van der Waals surface area contributed by atoms with E-state index in [9.17, 15) is 4.79 Å². The summed E-state index contributed by atoms with van der Waals surface area (Å²) in [5.74, 6) is 0. The van der Waals surface area contributed by atoms with Crippen LogP contribution in [-0.2, 0) is 5.41 Å². The molecule has 2 aromatic heterocycles. The first-order valence-electron chi connectivity index (χ1n) is 21.8. The highest BCUT2D eigenvalue weighted by molar-refractivity contribution is 6.09. The van der Waals surface area contributed by atoms with Gasteiger partial charge in [0.1, 0.15) is 11.2 Å². The summed E-state index contributed by atoms with van der Waals surface area (Å²) in [5.41, 5.74) is 15.6. The molecule has 2 aliphatic rings. The zero-order valence-corrected chi connectivity index (χ0v) is 35.1. The fourth-order valence-corrected chi connectivity index (χ4v) is 10.0. The molecular formula is C58H43N3O2. The van der Waals surface area contributed by atoms with Gasteiger partial charge >= 0.3 is 0 Å². The number of anilines is 5. The zero-order valence-electron chi connectivity index (χ0n) is 35.1. The zero-order chi connectivity index (χ0) is 42.2. The van der Waals surface area contributed by atoms with Crippen LogP contribution in [0, 0.1) is 0 Å². The third-order valence-electron chi connectivity index (χ3n) is 13.2. The van der Waals surface area contributed by atoms with Crippen molar-refractivity contribution in [1.82, 2.24) is 4.57 Å². The van der Waals surface area contributed by atoms with Crippen molar-refractivity contribution < 1.29 is 4.42 Å². The highest BCUT2D eigenvalue weighted by Gasteiger charge is 2.38. The molecule has 0 amide bonds. The maximum absolute atomic E-state index is 13.3. The van der Waals surface area contributed by atoms with E-state index in [0.717, 1.165) is 58.1 Å². The summed E-state index contributed by atoms with van der Waals surface area (Å²) in [7, 11) is 0. The molecule has 5 heteroatoms. The Bertz CT molecular complexity index is 3520. The first-order chi connectivity index (χ1) is 30.9. The summed E-state index contributed by atoms with van der Waals surface area (Å²) in [6, 6.07) is 64.3. The number of para-hydroxylation sites is 4. The van der Waals surface area contributed by atoms with E-state index in [0.29, 0.717) is 21.9 Å². The minimum absolute atomic E-state index is 0.0117. The minimum Gasteiger partial charge on any atom is -0.456 e. The second-order valence-corrected chi connectivity index (χ2v) is 17.2. The third kappa shape index (κ3) is 5.88. The highest BCUT2D eigenvalue weighted by atomic mass is 16.3. The van der Waals surface area contributed by atoms with Crippen molar-refractivity contribution >= 4 is 72.2 Å². The van der Waals surface area contributed by atoms with E-state index in [4.69, 9.17) is 4.42 Å². The van der Waals surface area contributed by atoms with Gasteiger partial charge in [0.25, 0.3) is 0 Å². The van der Waals surface area contributed by atoms with Crippen molar-refractivity contribution in [3.05, 3.63) is 227 Å². The number of aromatic nitrogens is 1. The van der Waals surface area contributed by atoms with Gasteiger partial charge in [0.15, 0.2) is 0 Å². The van der Waals surface area contributed by atoms with Gasteiger partial charge in [0, 0.05) is 44.6 Å². The molecular weight excluding hydrogens is 771 g/mol. The summed E-state index contributed by atoms with van der Waals surface area (Å²) in [5, 5.41) is 3.67. The lowest BCUT2D eigenvalue weighted by Gasteiger charge is -2.43. The number of hydrogen-bond donors (Lipinski definition) is 0. The van der Waals surface area contributed by atoms with Crippen LogP contribution in [0.25, 0.3) is 60.6 Å². The number of allylic oxidation sites excluding steroid dienone is 3. The van der Waals surface area contributed by atoms with Crippen LogP contribution < -0.4 is 15.2 Å². The van der Waals surface area contributed by atoms with Crippen molar-refractivity contribution in [3.63, 3.8) is 0 Å². The molecule has 0 N–H and O–H groups in total. The average Bonchev–Trinajstić information content (AvgIpc) is 3.67. The summed E-state index contributed by atoms with van der Waals surface area (Å²) in [6.07, 6.45) is 8.95. The quantitative estimate of drug-likeness (QED) is 0.157. The lowest BCUT2D eigenvalue weighted by Crippen LogP contribution is -2.31. The topological polar surface area (TPSA) is 41.6 Å². The Morgan fingerprint density at radius 2 is 1.14 bits per heavy atom. The van der Waals surface area contributed by atoms with Crippen LogP contribution in [0.3, 0.4) is 0 Å². The van der Waals surface area contributed by atoms with E-state index in [1.807, 2.05) is 42.5 Å². The molecule has 12 rings (SSSR count). The summed E-state index contributed by atoms with van der Waals surface area (Å²) < 4.78 is 8.68. The van der Waals surface area contributed by atoms with E-state index in [1.54, 1.807) is 0 Å². The van der Waals surface area contributed by atoms with Crippen molar-refractivity contribution in [2.45, 2.75) is 32.1 Å². The van der Waals surface area contributed by atoms with Crippen molar-refractivity contribution in [2.75, 3.05) is 9.80 Å². The molecule has 0 atom stereocenters. The molecule has 8 aromatic carbocycles. The van der Waals surface area contributed by atoms with Gasteiger partial charge in [-0.25, -0.2) is 0 Å². The normalized spacial score (nSPS) is 14.3. The Morgan fingerprint density at radius 3 is 1.87 bits per heavy atom. The maximum Gasteiger partial charge on any atom is 0.200 e. The van der Waals surface area contributed by atoms with Crippen molar-refractivity contribution in [3.8, 4) is 16.8 Å². The van der Waals surface area contributed by atoms with E-state index in [1.165, 1.54) is 38.6 Å². The predicted octanol–water partition coefficient (Wildman–Crippen LogP) is 15.2. The Morgan fingerprint density at radius 1 is 0.524 bits per heavy atom. The van der Waals surface area contributed by atoms with Crippen LogP contribution in [-0.4, -0.2) is 4.57 Å². The first-order valence-corrected chi connectivity index (χ1v) is 21.8. The molecule has 0 radical (unpaired) electrons. The molecule has 0 bridgehead atoms. The smallest absolute Gasteiger partial charge is 0.200 e. The van der Waals surface area contributed by atoms with Crippen molar-refractivity contribution in [2.24, 2.45) is 0 Å². The molecule has 1 aliphatic carbocycles. The molecule has 302 valence electrons. The van der Waals surface area contributed by atoms with Gasteiger partial charge in [-0.15, -0.1) is 0 Å². The Labute approximate surface area is 365 Å². The van der Waals surface area contributed by atoms with Gasteiger partial charge in [-0.1, -0.05) is 111 Å². The predicted molar refractivity (Wildman–Crippen MR) is 262 cm³/mol. The number of fused-ring (bicyclic) bond motifs is 7. The molecule has 0 spiro atoms. The van der Waals surface area contributed by atoms with Crippen LogP contribution in [0.1, 0.15) is 37.8 Å². The summed E-state index contributed by atoms with van der Waals surface area (Å²) in [6.45, 7) is 4.75. The monoisotopic (exact) mass is 813 g/mol. The van der Waals surface area contributed by atoms with Gasteiger partial charge in [-0.05, 0) is 138 Å².